The average molecular weight is 281 g/mol. The molecule has 1 amide bonds. The zero-order chi connectivity index (χ0) is 13.5. The van der Waals surface area contributed by atoms with Crippen molar-refractivity contribution in [2.75, 3.05) is 33.3 Å². The number of rotatable bonds is 2. The fourth-order valence-corrected chi connectivity index (χ4v) is 3.70. The Morgan fingerprint density at radius 1 is 1.53 bits per heavy atom. The first-order valence-electron chi connectivity index (χ1n) is 6.57. The largest absolute Gasteiger partial charge is 0.362 e. The van der Waals surface area contributed by atoms with E-state index in [-0.39, 0.29) is 18.1 Å². The summed E-state index contributed by atoms with van der Waals surface area (Å²) in [6.45, 7) is 5.87. The highest BCUT2D eigenvalue weighted by molar-refractivity contribution is 7.09. The summed E-state index contributed by atoms with van der Waals surface area (Å²) in [6, 6.07) is 0. The second kappa shape index (κ2) is 4.85. The van der Waals surface area contributed by atoms with E-state index in [9.17, 15) is 4.79 Å². The molecule has 1 spiro atoms. The van der Waals surface area contributed by atoms with Crippen LogP contribution in [0.2, 0.25) is 0 Å². The number of likely N-dealkylation sites (tertiary alicyclic amines) is 1. The van der Waals surface area contributed by atoms with Crippen LogP contribution in [-0.2, 0) is 16.1 Å². The summed E-state index contributed by atoms with van der Waals surface area (Å²) < 4.78 is 5.84. The molecule has 2 aliphatic heterocycles. The summed E-state index contributed by atoms with van der Waals surface area (Å²) in [5, 5.41) is 0. The smallest absolute Gasteiger partial charge is 0.248 e. The van der Waals surface area contributed by atoms with Crippen LogP contribution in [0.15, 0.2) is 5.51 Å². The standard InChI is InChI=1S/C13H19N3O2S/c1-10-11(19-9-14-10)5-16-4-3-13(8-16)7-15(2)12(17)6-18-13/h9H,3-8H2,1-2H3/t13-/m1/s1. The molecular weight excluding hydrogens is 262 g/mol. The van der Waals surface area contributed by atoms with E-state index in [2.05, 4.69) is 16.8 Å². The average Bonchev–Trinajstić information content (AvgIpc) is 2.94. The van der Waals surface area contributed by atoms with Crippen LogP contribution in [0.1, 0.15) is 17.0 Å². The Morgan fingerprint density at radius 2 is 2.37 bits per heavy atom. The predicted octanol–water partition coefficient (Wildman–Crippen LogP) is 0.885. The van der Waals surface area contributed by atoms with Gasteiger partial charge in [0.05, 0.1) is 17.7 Å². The minimum Gasteiger partial charge on any atom is -0.362 e. The Balaban J connectivity index is 1.64. The van der Waals surface area contributed by atoms with Gasteiger partial charge in [0.15, 0.2) is 0 Å². The van der Waals surface area contributed by atoms with Crippen molar-refractivity contribution in [2.45, 2.75) is 25.5 Å². The molecule has 0 aromatic carbocycles. The molecule has 0 unspecified atom stereocenters. The highest BCUT2D eigenvalue weighted by atomic mass is 32.1. The Bertz CT molecular complexity index is 490. The van der Waals surface area contributed by atoms with Gasteiger partial charge >= 0.3 is 0 Å². The molecule has 1 aromatic rings. The number of morpholine rings is 1. The van der Waals surface area contributed by atoms with E-state index < -0.39 is 0 Å². The van der Waals surface area contributed by atoms with Gasteiger partial charge in [0.2, 0.25) is 5.91 Å². The van der Waals surface area contributed by atoms with Gasteiger partial charge in [-0.3, -0.25) is 9.69 Å². The number of hydrogen-bond acceptors (Lipinski definition) is 5. The number of aromatic nitrogens is 1. The maximum atomic E-state index is 11.5. The minimum absolute atomic E-state index is 0.0855. The van der Waals surface area contributed by atoms with Crippen molar-refractivity contribution in [3.63, 3.8) is 0 Å². The van der Waals surface area contributed by atoms with E-state index in [1.54, 1.807) is 16.2 Å². The first kappa shape index (κ1) is 13.0. The van der Waals surface area contributed by atoms with Crippen molar-refractivity contribution in [3.8, 4) is 0 Å². The van der Waals surface area contributed by atoms with Crippen molar-refractivity contribution in [1.29, 1.82) is 0 Å². The van der Waals surface area contributed by atoms with E-state index >= 15 is 0 Å². The van der Waals surface area contributed by atoms with E-state index in [1.165, 1.54) is 4.88 Å². The molecule has 6 heteroatoms. The molecule has 0 radical (unpaired) electrons. The summed E-state index contributed by atoms with van der Waals surface area (Å²) in [7, 11) is 1.86. The zero-order valence-corrected chi connectivity index (χ0v) is 12.2. The van der Waals surface area contributed by atoms with Crippen LogP contribution in [0.3, 0.4) is 0 Å². The maximum Gasteiger partial charge on any atom is 0.248 e. The first-order valence-corrected chi connectivity index (χ1v) is 7.45. The van der Waals surface area contributed by atoms with E-state index in [0.29, 0.717) is 6.54 Å². The topological polar surface area (TPSA) is 45.7 Å². The van der Waals surface area contributed by atoms with Crippen molar-refractivity contribution in [3.05, 3.63) is 16.1 Å². The van der Waals surface area contributed by atoms with Crippen LogP contribution in [-0.4, -0.2) is 59.6 Å². The van der Waals surface area contributed by atoms with Gasteiger partial charge in [0.25, 0.3) is 0 Å². The van der Waals surface area contributed by atoms with Gasteiger partial charge in [-0.05, 0) is 13.3 Å². The van der Waals surface area contributed by atoms with Gasteiger partial charge in [-0.15, -0.1) is 11.3 Å². The molecule has 3 heterocycles. The first-order chi connectivity index (χ1) is 9.08. The molecule has 0 saturated carbocycles. The number of aryl methyl sites for hydroxylation is 1. The van der Waals surface area contributed by atoms with Crippen LogP contribution >= 0.6 is 11.3 Å². The van der Waals surface area contributed by atoms with Gasteiger partial charge in [0, 0.05) is 31.6 Å². The van der Waals surface area contributed by atoms with Crippen LogP contribution < -0.4 is 0 Å². The van der Waals surface area contributed by atoms with Crippen LogP contribution in [0.25, 0.3) is 0 Å². The normalized spacial score (nSPS) is 28.5. The molecule has 1 atom stereocenters. The Morgan fingerprint density at radius 3 is 3.05 bits per heavy atom. The second-order valence-corrected chi connectivity index (χ2v) is 6.48. The SMILES string of the molecule is Cc1ncsc1CN1CC[C@]2(C1)CN(C)C(=O)CO2. The third kappa shape index (κ3) is 2.52. The number of hydrogen-bond donors (Lipinski definition) is 0. The van der Waals surface area contributed by atoms with Crippen LogP contribution in [0, 0.1) is 6.92 Å². The molecule has 2 saturated heterocycles. The minimum atomic E-state index is -0.152. The van der Waals surface area contributed by atoms with E-state index in [0.717, 1.165) is 31.7 Å². The lowest BCUT2D eigenvalue weighted by molar-refractivity contribution is -0.159. The number of carbonyl (C=O) groups is 1. The highest BCUT2D eigenvalue weighted by Crippen LogP contribution is 2.30. The number of likely N-dealkylation sites (N-methyl/N-ethyl adjacent to an activating group) is 1. The van der Waals surface area contributed by atoms with Crippen LogP contribution in [0.4, 0.5) is 0 Å². The highest BCUT2D eigenvalue weighted by Gasteiger charge is 2.44. The summed E-state index contributed by atoms with van der Waals surface area (Å²) >= 11 is 1.71. The molecule has 2 aliphatic rings. The van der Waals surface area contributed by atoms with Gasteiger partial charge in [-0.2, -0.15) is 0 Å². The van der Waals surface area contributed by atoms with Crippen molar-refractivity contribution < 1.29 is 9.53 Å². The number of carbonyl (C=O) groups excluding carboxylic acids is 1. The maximum absolute atomic E-state index is 11.5. The van der Waals surface area contributed by atoms with Crippen molar-refractivity contribution in [2.24, 2.45) is 0 Å². The summed E-state index contributed by atoms with van der Waals surface area (Å²) in [5.41, 5.74) is 2.88. The Kier molecular flexibility index (Phi) is 3.32. The fraction of sp³-hybridized carbons (Fsp3) is 0.692. The van der Waals surface area contributed by atoms with E-state index in [1.807, 2.05) is 12.6 Å². The fourth-order valence-electron chi connectivity index (χ4n) is 2.88. The van der Waals surface area contributed by atoms with Gasteiger partial charge in [-0.1, -0.05) is 0 Å². The predicted molar refractivity (Wildman–Crippen MR) is 73.1 cm³/mol. The molecule has 0 aliphatic carbocycles. The number of nitrogens with zero attached hydrogens (tertiary/aromatic N) is 3. The summed E-state index contributed by atoms with van der Waals surface area (Å²) in [4.78, 5) is 21.3. The lowest BCUT2D eigenvalue weighted by Gasteiger charge is -2.38. The van der Waals surface area contributed by atoms with Gasteiger partial charge in [-0.25, -0.2) is 4.98 Å². The third-order valence-electron chi connectivity index (χ3n) is 4.06. The molecule has 2 fully saturated rings. The Labute approximate surface area is 117 Å². The molecule has 104 valence electrons. The summed E-state index contributed by atoms with van der Waals surface area (Å²) in [6.07, 6.45) is 1.00. The second-order valence-electron chi connectivity index (χ2n) is 5.54. The molecule has 19 heavy (non-hydrogen) atoms. The van der Waals surface area contributed by atoms with Crippen molar-refractivity contribution in [1.82, 2.24) is 14.8 Å². The summed E-state index contributed by atoms with van der Waals surface area (Å²) in [5.74, 6) is 0.0855. The van der Waals surface area contributed by atoms with E-state index in [4.69, 9.17) is 4.74 Å². The molecule has 3 rings (SSSR count). The van der Waals surface area contributed by atoms with Crippen LogP contribution in [0.5, 0.6) is 0 Å². The Hall–Kier alpha value is -0.980. The number of amides is 1. The number of ether oxygens (including phenoxy) is 1. The molecule has 0 N–H and O–H groups in total. The molecular formula is C13H19N3O2S. The molecule has 1 aromatic heterocycles. The molecule has 0 bridgehead atoms. The van der Waals surface area contributed by atoms with Gasteiger partial charge in [0.1, 0.15) is 12.2 Å². The van der Waals surface area contributed by atoms with Gasteiger partial charge < -0.3 is 9.64 Å². The lowest BCUT2D eigenvalue weighted by atomic mass is 10.0. The van der Waals surface area contributed by atoms with Crippen molar-refractivity contribution >= 4 is 17.2 Å². The quantitative estimate of drug-likeness (QED) is 0.807. The lowest BCUT2D eigenvalue weighted by Crippen LogP contribution is -2.54. The zero-order valence-electron chi connectivity index (χ0n) is 11.4. The number of thiazole rings is 1. The molecule has 5 nitrogen and oxygen atoms in total. The third-order valence-corrected chi connectivity index (χ3v) is 4.98. The monoisotopic (exact) mass is 281 g/mol.